The van der Waals surface area contributed by atoms with Gasteiger partial charge in [0, 0.05) is 31.9 Å². The van der Waals surface area contributed by atoms with Crippen molar-refractivity contribution in [2.24, 2.45) is 5.73 Å². The van der Waals surface area contributed by atoms with Gasteiger partial charge in [0.2, 0.25) is 0 Å². The van der Waals surface area contributed by atoms with E-state index in [1.165, 1.54) is 6.07 Å². The van der Waals surface area contributed by atoms with Crippen molar-refractivity contribution in [3.63, 3.8) is 0 Å². The van der Waals surface area contributed by atoms with Crippen molar-refractivity contribution >= 4 is 5.69 Å². The van der Waals surface area contributed by atoms with Crippen LogP contribution in [0.2, 0.25) is 0 Å². The first-order valence-electron chi connectivity index (χ1n) is 6.04. The van der Waals surface area contributed by atoms with Crippen LogP contribution in [-0.2, 0) is 13.1 Å². The summed E-state index contributed by atoms with van der Waals surface area (Å²) in [7, 11) is 1.84. The minimum Gasteiger partial charge on any atom is -0.370 e. The van der Waals surface area contributed by atoms with Crippen LogP contribution in [0.15, 0.2) is 42.5 Å². The van der Waals surface area contributed by atoms with Crippen LogP contribution in [0.25, 0.3) is 0 Å². The van der Waals surface area contributed by atoms with Crippen LogP contribution in [0, 0.1) is 11.6 Å². The molecule has 0 aliphatic heterocycles. The lowest BCUT2D eigenvalue weighted by molar-refractivity contribution is 0.508. The average Bonchev–Trinajstić information content (AvgIpc) is 2.42. The molecule has 100 valence electrons. The Bertz CT molecular complexity index is 553. The molecule has 2 nitrogen and oxygen atoms in total. The molecule has 19 heavy (non-hydrogen) atoms. The van der Waals surface area contributed by atoms with Gasteiger partial charge in [-0.1, -0.05) is 24.3 Å². The minimum absolute atomic E-state index is 0.513. The monoisotopic (exact) mass is 262 g/mol. The average molecular weight is 262 g/mol. The summed E-state index contributed by atoms with van der Waals surface area (Å²) in [6, 6.07) is 11.8. The number of hydrogen-bond donors (Lipinski definition) is 1. The van der Waals surface area contributed by atoms with Gasteiger partial charge in [0.05, 0.1) is 0 Å². The van der Waals surface area contributed by atoms with E-state index < -0.39 is 11.6 Å². The van der Waals surface area contributed by atoms with Crippen LogP contribution in [0.5, 0.6) is 0 Å². The van der Waals surface area contributed by atoms with E-state index in [0.29, 0.717) is 18.8 Å². The van der Waals surface area contributed by atoms with Gasteiger partial charge in [0.25, 0.3) is 0 Å². The van der Waals surface area contributed by atoms with E-state index in [1.807, 2.05) is 36.2 Å². The second kappa shape index (κ2) is 5.80. The third-order valence-corrected chi connectivity index (χ3v) is 3.02. The number of rotatable bonds is 4. The van der Waals surface area contributed by atoms with Gasteiger partial charge in [-0.05, 0) is 23.3 Å². The largest absolute Gasteiger partial charge is 0.370 e. The fourth-order valence-corrected chi connectivity index (χ4v) is 1.87. The number of anilines is 1. The molecule has 0 aliphatic rings. The third kappa shape index (κ3) is 3.29. The molecule has 0 bridgehead atoms. The zero-order chi connectivity index (χ0) is 13.8. The second-order valence-corrected chi connectivity index (χ2v) is 4.48. The Kier molecular flexibility index (Phi) is 4.12. The molecule has 0 atom stereocenters. The van der Waals surface area contributed by atoms with Crippen molar-refractivity contribution in [2.45, 2.75) is 13.1 Å². The number of nitrogens with zero attached hydrogens (tertiary/aromatic N) is 1. The lowest BCUT2D eigenvalue weighted by Crippen LogP contribution is -2.16. The molecule has 0 aromatic heterocycles. The highest BCUT2D eigenvalue weighted by Gasteiger charge is 2.06. The summed E-state index contributed by atoms with van der Waals surface area (Å²) in [5.41, 5.74) is 8.33. The maximum absolute atomic E-state index is 13.2. The Morgan fingerprint density at radius 1 is 0.947 bits per heavy atom. The zero-order valence-corrected chi connectivity index (χ0v) is 10.7. The van der Waals surface area contributed by atoms with Crippen LogP contribution in [0.3, 0.4) is 0 Å². The summed E-state index contributed by atoms with van der Waals surface area (Å²) in [5.74, 6) is -1.66. The van der Waals surface area contributed by atoms with Crippen molar-refractivity contribution in [1.82, 2.24) is 0 Å². The Morgan fingerprint density at radius 2 is 1.58 bits per heavy atom. The number of hydrogen-bond acceptors (Lipinski definition) is 2. The molecular weight excluding hydrogens is 246 g/mol. The highest BCUT2D eigenvalue weighted by Crippen LogP contribution is 2.18. The van der Waals surface area contributed by atoms with E-state index in [1.54, 1.807) is 6.07 Å². The first-order chi connectivity index (χ1) is 9.10. The predicted octanol–water partition coefficient (Wildman–Crippen LogP) is 3.06. The highest BCUT2D eigenvalue weighted by molar-refractivity contribution is 5.46. The van der Waals surface area contributed by atoms with E-state index in [2.05, 4.69) is 0 Å². The Morgan fingerprint density at radius 3 is 2.16 bits per heavy atom. The SMILES string of the molecule is CN(Cc1ccc(CN)cc1)c1ccc(F)c(F)c1. The Balaban J connectivity index is 2.10. The molecule has 0 unspecified atom stereocenters. The summed E-state index contributed by atoms with van der Waals surface area (Å²) in [5, 5.41) is 0. The molecule has 2 aromatic carbocycles. The topological polar surface area (TPSA) is 29.3 Å². The first-order valence-corrected chi connectivity index (χ1v) is 6.04. The van der Waals surface area contributed by atoms with Crippen LogP contribution in [0.4, 0.5) is 14.5 Å². The summed E-state index contributed by atoms with van der Waals surface area (Å²) in [4.78, 5) is 1.86. The van der Waals surface area contributed by atoms with Gasteiger partial charge < -0.3 is 10.6 Å². The summed E-state index contributed by atoms with van der Waals surface area (Å²) in [6.45, 7) is 1.13. The Hall–Kier alpha value is -1.94. The zero-order valence-electron chi connectivity index (χ0n) is 10.7. The van der Waals surface area contributed by atoms with Crippen molar-refractivity contribution in [3.8, 4) is 0 Å². The molecule has 0 amide bonds. The van der Waals surface area contributed by atoms with E-state index >= 15 is 0 Å². The quantitative estimate of drug-likeness (QED) is 0.917. The molecule has 0 saturated carbocycles. The molecular formula is C15H16F2N2. The van der Waals surface area contributed by atoms with Gasteiger partial charge in [-0.15, -0.1) is 0 Å². The molecule has 0 heterocycles. The molecule has 0 radical (unpaired) electrons. The van der Waals surface area contributed by atoms with Crippen molar-refractivity contribution in [2.75, 3.05) is 11.9 Å². The van der Waals surface area contributed by atoms with E-state index in [0.717, 1.165) is 17.2 Å². The summed E-state index contributed by atoms with van der Waals surface area (Å²) < 4.78 is 26.0. The highest BCUT2D eigenvalue weighted by atomic mass is 19.2. The fourth-order valence-electron chi connectivity index (χ4n) is 1.87. The smallest absolute Gasteiger partial charge is 0.160 e. The van der Waals surface area contributed by atoms with Gasteiger partial charge in [-0.3, -0.25) is 0 Å². The number of halogens is 2. The summed E-state index contributed by atoms with van der Waals surface area (Å²) >= 11 is 0. The standard InChI is InChI=1S/C15H16F2N2/c1-19(13-6-7-14(16)15(17)8-13)10-12-4-2-11(9-18)3-5-12/h2-8H,9-10,18H2,1H3. The number of benzene rings is 2. The lowest BCUT2D eigenvalue weighted by atomic mass is 10.1. The second-order valence-electron chi connectivity index (χ2n) is 4.48. The van der Waals surface area contributed by atoms with E-state index in [-0.39, 0.29) is 0 Å². The van der Waals surface area contributed by atoms with Crippen molar-refractivity contribution in [3.05, 3.63) is 65.2 Å². The lowest BCUT2D eigenvalue weighted by Gasteiger charge is -2.19. The van der Waals surface area contributed by atoms with Crippen LogP contribution in [-0.4, -0.2) is 7.05 Å². The first kappa shape index (κ1) is 13.5. The molecule has 2 aromatic rings. The third-order valence-electron chi connectivity index (χ3n) is 3.02. The van der Waals surface area contributed by atoms with E-state index in [9.17, 15) is 8.78 Å². The van der Waals surface area contributed by atoms with Gasteiger partial charge in [-0.25, -0.2) is 8.78 Å². The van der Waals surface area contributed by atoms with Crippen LogP contribution < -0.4 is 10.6 Å². The summed E-state index contributed by atoms with van der Waals surface area (Å²) in [6.07, 6.45) is 0. The molecule has 2 N–H and O–H groups in total. The normalized spacial score (nSPS) is 10.5. The maximum Gasteiger partial charge on any atom is 0.160 e. The van der Waals surface area contributed by atoms with Gasteiger partial charge in [-0.2, -0.15) is 0 Å². The van der Waals surface area contributed by atoms with Gasteiger partial charge >= 0.3 is 0 Å². The minimum atomic E-state index is -0.831. The molecule has 0 saturated heterocycles. The molecule has 0 spiro atoms. The Labute approximate surface area is 111 Å². The molecule has 0 aliphatic carbocycles. The van der Waals surface area contributed by atoms with E-state index in [4.69, 9.17) is 5.73 Å². The molecule has 2 rings (SSSR count). The number of nitrogens with two attached hydrogens (primary N) is 1. The van der Waals surface area contributed by atoms with Crippen molar-refractivity contribution in [1.29, 1.82) is 0 Å². The fraction of sp³-hybridized carbons (Fsp3) is 0.200. The van der Waals surface area contributed by atoms with Crippen molar-refractivity contribution < 1.29 is 8.78 Å². The molecule has 0 fully saturated rings. The molecule has 4 heteroatoms. The van der Waals surface area contributed by atoms with Crippen LogP contribution in [0.1, 0.15) is 11.1 Å². The maximum atomic E-state index is 13.2. The predicted molar refractivity (Wildman–Crippen MR) is 72.8 cm³/mol. The van der Waals surface area contributed by atoms with Gasteiger partial charge in [0.1, 0.15) is 0 Å². The van der Waals surface area contributed by atoms with Gasteiger partial charge in [0.15, 0.2) is 11.6 Å². The van der Waals surface area contributed by atoms with Crippen LogP contribution >= 0.6 is 0 Å².